The molecule has 1 atom stereocenters. The molecule has 1 heterocycles. The van der Waals surface area contributed by atoms with Crippen molar-refractivity contribution in [1.29, 1.82) is 0 Å². The molecular formula is C19H21N3O5S. The number of nitro benzene ring substituents is 1. The number of sulfone groups is 1. The van der Waals surface area contributed by atoms with E-state index in [1.165, 1.54) is 18.2 Å². The number of hydrogen-bond acceptors (Lipinski definition) is 6. The molecule has 2 aromatic carbocycles. The van der Waals surface area contributed by atoms with Crippen molar-refractivity contribution in [2.45, 2.75) is 19.0 Å². The van der Waals surface area contributed by atoms with Crippen molar-refractivity contribution in [3.05, 3.63) is 70.3 Å². The first kappa shape index (κ1) is 19.8. The zero-order chi connectivity index (χ0) is 20.1. The molecule has 0 aromatic heterocycles. The minimum Gasteiger partial charge on any atom is -0.376 e. The van der Waals surface area contributed by atoms with E-state index in [0.29, 0.717) is 18.7 Å². The lowest BCUT2D eigenvalue weighted by Gasteiger charge is -2.28. The summed E-state index contributed by atoms with van der Waals surface area (Å²) in [5.41, 5.74) is 1.30. The van der Waals surface area contributed by atoms with Crippen LogP contribution in [0.3, 0.4) is 0 Å². The molecule has 8 nitrogen and oxygen atoms in total. The highest BCUT2D eigenvalue weighted by atomic mass is 32.2. The Hall–Kier alpha value is -2.94. The Balaban J connectivity index is 1.73. The molecule has 0 bridgehead atoms. The average molecular weight is 403 g/mol. The predicted octanol–water partition coefficient (Wildman–Crippen LogP) is 2.22. The molecule has 1 N–H and O–H groups in total. The highest BCUT2D eigenvalue weighted by molar-refractivity contribution is 7.91. The van der Waals surface area contributed by atoms with Gasteiger partial charge in [0, 0.05) is 30.4 Å². The van der Waals surface area contributed by atoms with E-state index in [-0.39, 0.29) is 35.7 Å². The monoisotopic (exact) mass is 403 g/mol. The number of benzene rings is 2. The number of nitrogens with zero attached hydrogens (tertiary/aromatic N) is 2. The third-order valence-electron chi connectivity index (χ3n) is 4.67. The van der Waals surface area contributed by atoms with Gasteiger partial charge in [-0.1, -0.05) is 36.4 Å². The van der Waals surface area contributed by atoms with Gasteiger partial charge in [0.1, 0.15) is 0 Å². The van der Waals surface area contributed by atoms with Gasteiger partial charge in [0.05, 0.1) is 23.0 Å². The molecule has 1 saturated heterocycles. The van der Waals surface area contributed by atoms with Crippen LogP contribution in [0.1, 0.15) is 12.0 Å². The number of carbonyl (C=O) groups is 1. The molecule has 1 aliphatic heterocycles. The number of rotatable bonds is 7. The molecule has 0 spiro atoms. The van der Waals surface area contributed by atoms with E-state index in [4.69, 9.17) is 0 Å². The molecule has 9 heteroatoms. The molecule has 0 unspecified atom stereocenters. The summed E-state index contributed by atoms with van der Waals surface area (Å²) in [4.78, 5) is 24.8. The number of nitro groups is 1. The van der Waals surface area contributed by atoms with E-state index in [1.807, 2.05) is 30.3 Å². The Morgan fingerprint density at radius 1 is 1.18 bits per heavy atom. The summed E-state index contributed by atoms with van der Waals surface area (Å²) in [6.07, 6.45) is 0.414. The predicted molar refractivity (Wildman–Crippen MR) is 106 cm³/mol. The smallest absolute Gasteiger partial charge is 0.271 e. The number of nitrogens with one attached hydrogen (secondary N) is 1. The Bertz CT molecular complexity index is 963. The lowest BCUT2D eigenvalue weighted by molar-refractivity contribution is -0.384. The van der Waals surface area contributed by atoms with Crippen molar-refractivity contribution in [2.24, 2.45) is 0 Å². The fraction of sp³-hybridized carbons (Fsp3) is 0.316. The van der Waals surface area contributed by atoms with Gasteiger partial charge in [0.15, 0.2) is 9.84 Å². The zero-order valence-corrected chi connectivity index (χ0v) is 16.0. The molecule has 0 aliphatic carbocycles. The van der Waals surface area contributed by atoms with Gasteiger partial charge in [-0.3, -0.25) is 14.9 Å². The van der Waals surface area contributed by atoms with Gasteiger partial charge >= 0.3 is 0 Å². The number of amides is 1. The lowest BCUT2D eigenvalue weighted by atomic mass is 10.1. The lowest BCUT2D eigenvalue weighted by Crippen LogP contribution is -2.43. The van der Waals surface area contributed by atoms with Crippen molar-refractivity contribution < 1.29 is 18.1 Å². The van der Waals surface area contributed by atoms with Crippen LogP contribution in [0.4, 0.5) is 11.4 Å². The zero-order valence-electron chi connectivity index (χ0n) is 15.2. The van der Waals surface area contributed by atoms with Crippen LogP contribution in [0.2, 0.25) is 0 Å². The van der Waals surface area contributed by atoms with Crippen molar-refractivity contribution >= 4 is 27.1 Å². The first-order chi connectivity index (χ1) is 13.3. The number of carbonyl (C=O) groups excluding carboxylic acids is 1. The largest absolute Gasteiger partial charge is 0.376 e. The quantitative estimate of drug-likeness (QED) is 0.561. The van der Waals surface area contributed by atoms with E-state index < -0.39 is 14.8 Å². The van der Waals surface area contributed by atoms with E-state index in [1.54, 1.807) is 11.0 Å². The first-order valence-electron chi connectivity index (χ1n) is 8.86. The summed E-state index contributed by atoms with van der Waals surface area (Å²) < 4.78 is 23.8. The second-order valence-electron chi connectivity index (χ2n) is 6.73. The summed E-state index contributed by atoms with van der Waals surface area (Å²) in [6, 6.07) is 14.9. The van der Waals surface area contributed by atoms with Crippen LogP contribution >= 0.6 is 0 Å². The number of hydrogen-bond donors (Lipinski definition) is 1. The van der Waals surface area contributed by atoms with Crippen LogP contribution in [0.5, 0.6) is 0 Å². The number of anilines is 1. The molecule has 28 heavy (non-hydrogen) atoms. The van der Waals surface area contributed by atoms with Gasteiger partial charge < -0.3 is 10.2 Å². The molecule has 3 rings (SSSR count). The highest BCUT2D eigenvalue weighted by Gasteiger charge is 2.34. The molecule has 1 aliphatic rings. The van der Waals surface area contributed by atoms with Gasteiger partial charge in [-0.25, -0.2) is 8.42 Å². The minimum absolute atomic E-state index is 0.0393. The maximum Gasteiger partial charge on any atom is 0.271 e. The van der Waals surface area contributed by atoms with Crippen LogP contribution < -0.4 is 5.32 Å². The van der Waals surface area contributed by atoms with E-state index in [2.05, 4.69) is 5.32 Å². The van der Waals surface area contributed by atoms with Crippen molar-refractivity contribution in [3.63, 3.8) is 0 Å². The average Bonchev–Trinajstić information content (AvgIpc) is 3.04. The van der Waals surface area contributed by atoms with Gasteiger partial charge in [0.25, 0.3) is 5.69 Å². The topological polar surface area (TPSA) is 110 Å². The molecule has 1 fully saturated rings. The van der Waals surface area contributed by atoms with E-state index >= 15 is 0 Å². The third-order valence-corrected chi connectivity index (χ3v) is 6.42. The Kier molecular flexibility index (Phi) is 5.93. The van der Waals surface area contributed by atoms with Crippen molar-refractivity contribution in [2.75, 3.05) is 23.4 Å². The second kappa shape index (κ2) is 8.39. The van der Waals surface area contributed by atoms with Crippen LogP contribution in [0, 0.1) is 10.1 Å². The maximum absolute atomic E-state index is 12.9. The molecule has 2 aromatic rings. The molecular weight excluding hydrogens is 382 g/mol. The first-order valence-corrected chi connectivity index (χ1v) is 10.7. The van der Waals surface area contributed by atoms with Crippen LogP contribution in [0.25, 0.3) is 0 Å². The van der Waals surface area contributed by atoms with E-state index in [9.17, 15) is 23.3 Å². The normalized spacial score (nSPS) is 17.8. The molecule has 148 valence electrons. The fourth-order valence-electron chi connectivity index (χ4n) is 3.23. The summed E-state index contributed by atoms with van der Waals surface area (Å²) in [5.74, 6) is -0.214. The molecule has 0 radical (unpaired) electrons. The summed E-state index contributed by atoms with van der Waals surface area (Å²) in [5, 5.41) is 13.8. The SMILES string of the molecule is O=C(CNc1cccc([N+](=O)[O-])c1)N(Cc1ccccc1)[C@@H]1CCS(=O)(=O)C1. The van der Waals surface area contributed by atoms with Gasteiger partial charge in [-0.2, -0.15) is 0 Å². The second-order valence-corrected chi connectivity index (χ2v) is 8.95. The van der Waals surface area contributed by atoms with E-state index in [0.717, 1.165) is 5.56 Å². The number of non-ortho nitro benzene ring substituents is 1. The Morgan fingerprint density at radius 2 is 1.93 bits per heavy atom. The molecule has 1 amide bonds. The third kappa shape index (κ3) is 5.07. The summed E-state index contributed by atoms with van der Waals surface area (Å²) in [7, 11) is -3.14. The van der Waals surface area contributed by atoms with Gasteiger partial charge in [-0.05, 0) is 18.1 Å². The Morgan fingerprint density at radius 3 is 2.57 bits per heavy atom. The Labute approximate surface area is 163 Å². The van der Waals surface area contributed by atoms with Gasteiger partial charge in [0.2, 0.25) is 5.91 Å². The van der Waals surface area contributed by atoms with Gasteiger partial charge in [-0.15, -0.1) is 0 Å². The van der Waals surface area contributed by atoms with Crippen LogP contribution in [-0.2, 0) is 21.2 Å². The highest BCUT2D eigenvalue weighted by Crippen LogP contribution is 2.21. The molecule has 0 saturated carbocycles. The van der Waals surface area contributed by atoms with Crippen LogP contribution in [0.15, 0.2) is 54.6 Å². The minimum atomic E-state index is -3.14. The summed E-state index contributed by atoms with van der Waals surface area (Å²) >= 11 is 0. The standard InChI is InChI=1S/C19H21N3O5S/c23-19(12-20-16-7-4-8-17(11-16)22(24)25)21(13-15-5-2-1-3-6-15)18-9-10-28(26,27)14-18/h1-8,11,18,20H,9-10,12-14H2/t18-/m1/s1. The summed E-state index contributed by atoms with van der Waals surface area (Å²) in [6.45, 7) is 0.237. The maximum atomic E-state index is 12.9. The van der Waals surface area contributed by atoms with Crippen LogP contribution in [-0.4, -0.2) is 48.2 Å². The van der Waals surface area contributed by atoms with Crippen molar-refractivity contribution in [3.8, 4) is 0 Å². The van der Waals surface area contributed by atoms with Crippen molar-refractivity contribution in [1.82, 2.24) is 4.90 Å². The fourth-order valence-corrected chi connectivity index (χ4v) is 4.96.